The van der Waals surface area contributed by atoms with Gasteiger partial charge in [0.25, 0.3) is 0 Å². The molecule has 0 aliphatic rings. The number of carbonyl (C=O) groups is 1. The van der Waals surface area contributed by atoms with Crippen LogP contribution in [0.1, 0.15) is 24.2 Å². The van der Waals surface area contributed by atoms with Gasteiger partial charge in [-0.05, 0) is 31.5 Å². The van der Waals surface area contributed by atoms with E-state index in [9.17, 15) is 14.9 Å². The third kappa shape index (κ3) is 4.32. The lowest BCUT2D eigenvalue weighted by atomic mass is 10.2. The Labute approximate surface area is 170 Å². The predicted molar refractivity (Wildman–Crippen MR) is 105 cm³/mol. The van der Waals surface area contributed by atoms with Gasteiger partial charge in [0, 0.05) is 12.3 Å². The van der Waals surface area contributed by atoms with Crippen LogP contribution in [-0.2, 0) is 11.3 Å². The average Bonchev–Trinajstić information content (AvgIpc) is 3.24. The largest absolute Gasteiger partial charge is 0.309 e. The first-order valence-corrected chi connectivity index (χ1v) is 8.98. The highest BCUT2D eigenvalue weighted by atomic mass is 35.5. The van der Waals surface area contributed by atoms with Crippen molar-refractivity contribution in [1.82, 2.24) is 19.6 Å². The van der Waals surface area contributed by atoms with Gasteiger partial charge >= 0.3 is 5.69 Å². The molecule has 0 spiro atoms. The second-order valence-corrected chi connectivity index (χ2v) is 6.96. The van der Waals surface area contributed by atoms with Gasteiger partial charge in [0.2, 0.25) is 5.91 Å². The van der Waals surface area contributed by atoms with Crippen LogP contribution in [0.25, 0.3) is 0 Å². The Morgan fingerprint density at radius 3 is 2.68 bits per heavy atom. The highest BCUT2D eigenvalue weighted by molar-refractivity contribution is 6.42. The van der Waals surface area contributed by atoms with Crippen molar-refractivity contribution in [3.05, 3.63) is 68.1 Å². The zero-order chi connectivity index (χ0) is 20.4. The fourth-order valence-corrected chi connectivity index (χ4v) is 2.86. The number of nitro groups is 1. The molecule has 0 bridgehead atoms. The predicted octanol–water partition coefficient (Wildman–Crippen LogP) is 3.85. The van der Waals surface area contributed by atoms with E-state index in [2.05, 4.69) is 15.5 Å². The summed E-state index contributed by atoms with van der Waals surface area (Å²) in [6.07, 6.45) is 2.95. The summed E-state index contributed by atoms with van der Waals surface area (Å²) in [5, 5.41) is 22.9. The number of halogens is 2. The van der Waals surface area contributed by atoms with Crippen molar-refractivity contribution in [2.75, 3.05) is 5.32 Å². The number of amides is 1. The number of carbonyl (C=O) groups excluding carboxylic acids is 1. The van der Waals surface area contributed by atoms with Crippen LogP contribution >= 0.6 is 23.2 Å². The molecule has 9 nitrogen and oxygen atoms in total. The maximum atomic E-state index is 12.4. The van der Waals surface area contributed by atoms with Crippen LogP contribution in [0.2, 0.25) is 10.0 Å². The number of rotatable bonds is 6. The number of benzene rings is 1. The molecule has 28 heavy (non-hydrogen) atoms. The Hall–Kier alpha value is -2.91. The summed E-state index contributed by atoms with van der Waals surface area (Å²) in [5.74, 6) is -0.0347. The van der Waals surface area contributed by atoms with Crippen molar-refractivity contribution in [3.63, 3.8) is 0 Å². The molecule has 1 unspecified atom stereocenters. The molecule has 2 aromatic heterocycles. The minimum Gasteiger partial charge on any atom is -0.307 e. The van der Waals surface area contributed by atoms with Gasteiger partial charge < -0.3 is 5.32 Å². The third-order valence-electron chi connectivity index (χ3n) is 4.08. The van der Waals surface area contributed by atoms with E-state index in [0.29, 0.717) is 22.4 Å². The Morgan fingerprint density at radius 1 is 1.29 bits per heavy atom. The molecule has 1 N–H and O–H groups in total. The fraction of sp³-hybridized carbons (Fsp3) is 0.235. The number of anilines is 1. The minimum absolute atomic E-state index is 0.134. The molecule has 2 heterocycles. The molecule has 0 radical (unpaired) electrons. The number of nitrogens with zero attached hydrogens (tertiary/aromatic N) is 5. The first kappa shape index (κ1) is 19.8. The van der Waals surface area contributed by atoms with Gasteiger partial charge in [-0.3, -0.25) is 24.3 Å². The summed E-state index contributed by atoms with van der Waals surface area (Å²) in [7, 11) is 0. The number of aromatic nitrogens is 4. The molecule has 0 saturated carbocycles. The quantitative estimate of drug-likeness (QED) is 0.479. The van der Waals surface area contributed by atoms with E-state index in [1.165, 1.54) is 17.8 Å². The molecule has 146 valence electrons. The monoisotopic (exact) mass is 422 g/mol. The molecule has 1 aromatic carbocycles. The lowest BCUT2D eigenvalue weighted by Crippen LogP contribution is -2.24. The number of nitrogens with one attached hydrogen (secondary N) is 1. The van der Waals surface area contributed by atoms with E-state index in [0.717, 1.165) is 5.56 Å². The van der Waals surface area contributed by atoms with Crippen molar-refractivity contribution in [3.8, 4) is 0 Å². The van der Waals surface area contributed by atoms with Crippen molar-refractivity contribution in [1.29, 1.82) is 0 Å². The lowest BCUT2D eigenvalue weighted by Gasteiger charge is -2.10. The Kier molecular flexibility index (Phi) is 5.66. The van der Waals surface area contributed by atoms with Crippen molar-refractivity contribution >= 4 is 40.6 Å². The minimum atomic E-state index is -0.743. The zero-order valence-electron chi connectivity index (χ0n) is 15.0. The van der Waals surface area contributed by atoms with Crippen molar-refractivity contribution in [2.24, 2.45) is 0 Å². The van der Waals surface area contributed by atoms with Gasteiger partial charge in [-0.25, -0.2) is 0 Å². The summed E-state index contributed by atoms with van der Waals surface area (Å²) in [6, 6.07) is 6.20. The van der Waals surface area contributed by atoms with Gasteiger partial charge in [-0.1, -0.05) is 29.3 Å². The highest BCUT2D eigenvalue weighted by Crippen LogP contribution is 2.23. The average molecular weight is 423 g/mol. The molecule has 3 aromatic rings. The standard InChI is InChI=1S/C17H16Cl2N6O3/c1-10-15(25(27)28)9-24(21-10)11(2)17(26)20-16-5-6-23(22-16)8-12-3-4-13(18)14(19)7-12/h3-7,9,11H,8H2,1-2H3,(H,20,22,26). The fourth-order valence-electron chi connectivity index (χ4n) is 2.54. The summed E-state index contributed by atoms with van der Waals surface area (Å²) in [5.41, 5.74) is 1.02. The van der Waals surface area contributed by atoms with E-state index in [-0.39, 0.29) is 11.4 Å². The van der Waals surface area contributed by atoms with Gasteiger partial charge in [0.1, 0.15) is 17.9 Å². The molecule has 0 saturated heterocycles. The number of hydrogen-bond donors (Lipinski definition) is 1. The van der Waals surface area contributed by atoms with Crippen LogP contribution in [0.15, 0.2) is 36.7 Å². The smallest absolute Gasteiger partial charge is 0.307 e. The van der Waals surface area contributed by atoms with Crippen LogP contribution in [0.5, 0.6) is 0 Å². The molecule has 0 aliphatic carbocycles. The number of hydrogen-bond acceptors (Lipinski definition) is 5. The molecular formula is C17H16Cl2N6O3. The molecule has 0 fully saturated rings. The zero-order valence-corrected chi connectivity index (χ0v) is 16.5. The number of aryl methyl sites for hydroxylation is 1. The Morgan fingerprint density at radius 2 is 2.04 bits per heavy atom. The summed E-state index contributed by atoms with van der Waals surface area (Å²) >= 11 is 11.9. The maximum Gasteiger partial charge on any atom is 0.309 e. The third-order valence-corrected chi connectivity index (χ3v) is 4.82. The first-order chi connectivity index (χ1) is 13.2. The highest BCUT2D eigenvalue weighted by Gasteiger charge is 2.22. The molecule has 3 rings (SSSR count). The van der Waals surface area contributed by atoms with Crippen molar-refractivity contribution < 1.29 is 9.72 Å². The SMILES string of the molecule is Cc1nn(C(C)C(=O)Nc2ccn(Cc3ccc(Cl)c(Cl)c3)n2)cc1[N+](=O)[O-]. The van der Waals surface area contributed by atoms with Gasteiger partial charge in [0.15, 0.2) is 5.82 Å². The van der Waals surface area contributed by atoms with E-state index in [1.807, 2.05) is 6.07 Å². The van der Waals surface area contributed by atoms with Crippen LogP contribution in [0.3, 0.4) is 0 Å². The topological polar surface area (TPSA) is 108 Å². The van der Waals surface area contributed by atoms with E-state index >= 15 is 0 Å². The normalized spacial score (nSPS) is 12.0. The van der Waals surface area contributed by atoms with Gasteiger partial charge in [-0.15, -0.1) is 0 Å². The van der Waals surface area contributed by atoms with Crippen LogP contribution < -0.4 is 5.32 Å². The van der Waals surface area contributed by atoms with Crippen molar-refractivity contribution in [2.45, 2.75) is 26.4 Å². The Balaban J connectivity index is 1.67. The summed E-state index contributed by atoms with van der Waals surface area (Å²) in [6.45, 7) is 3.56. The Bertz CT molecular complexity index is 1050. The maximum absolute atomic E-state index is 12.4. The van der Waals surface area contributed by atoms with Crippen LogP contribution in [0.4, 0.5) is 11.5 Å². The summed E-state index contributed by atoms with van der Waals surface area (Å²) in [4.78, 5) is 22.8. The van der Waals surface area contributed by atoms with Gasteiger partial charge in [0.05, 0.1) is 21.5 Å². The van der Waals surface area contributed by atoms with E-state index in [4.69, 9.17) is 23.2 Å². The first-order valence-electron chi connectivity index (χ1n) is 8.23. The second kappa shape index (κ2) is 7.99. The van der Waals surface area contributed by atoms with Gasteiger partial charge in [-0.2, -0.15) is 10.2 Å². The molecular weight excluding hydrogens is 407 g/mol. The van der Waals surface area contributed by atoms with E-state index < -0.39 is 16.9 Å². The second-order valence-electron chi connectivity index (χ2n) is 6.15. The van der Waals surface area contributed by atoms with Crippen LogP contribution in [0, 0.1) is 17.0 Å². The summed E-state index contributed by atoms with van der Waals surface area (Å²) < 4.78 is 2.90. The molecule has 1 atom stereocenters. The van der Waals surface area contributed by atoms with E-state index in [1.54, 1.807) is 36.0 Å². The molecule has 1 amide bonds. The lowest BCUT2D eigenvalue weighted by molar-refractivity contribution is -0.385. The molecule has 0 aliphatic heterocycles. The van der Waals surface area contributed by atoms with Crippen LogP contribution in [-0.4, -0.2) is 30.4 Å². The molecule has 11 heteroatoms.